The summed E-state index contributed by atoms with van der Waals surface area (Å²) in [5.74, 6) is 0. The van der Waals surface area contributed by atoms with Gasteiger partial charge in [-0.1, -0.05) is 109 Å². The SMILES string of the molecule is c1ccc2c(c1)-c1c(c3c(c4c1C1(c5ccccc5-4)c4cccnc4-c4ncccc41)C1(c4ccccc4-3)c3cccnc3-c3ncccc31)C21c2cccnc2-c2ncccc21. The first kappa shape index (κ1) is 32.5. The molecule has 0 amide bonds. The zero-order valence-corrected chi connectivity index (χ0v) is 33.5. The Kier molecular flexibility index (Phi) is 5.58. The Morgan fingerprint density at radius 1 is 0.222 bits per heavy atom. The maximum atomic E-state index is 5.17. The largest absolute Gasteiger partial charge is 0.254 e. The highest BCUT2D eigenvalue weighted by atomic mass is 14.8. The third-order valence-corrected chi connectivity index (χ3v) is 15.4. The summed E-state index contributed by atoms with van der Waals surface area (Å²) in [5.41, 5.74) is 25.3. The second kappa shape index (κ2) is 10.8. The first-order valence-corrected chi connectivity index (χ1v) is 21.6. The topological polar surface area (TPSA) is 77.3 Å². The summed E-state index contributed by atoms with van der Waals surface area (Å²) in [4.78, 5) is 31.0. The van der Waals surface area contributed by atoms with Crippen LogP contribution in [0.15, 0.2) is 183 Å². The summed E-state index contributed by atoms with van der Waals surface area (Å²) in [6.45, 7) is 0. The Morgan fingerprint density at radius 2 is 0.429 bits per heavy atom. The van der Waals surface area contributed by atoms with Crippen LogP contribution in [0.5, 0.6) is 0 Å². The van der Waals surface area contributed by atoms with Gasteiger partial charge in [-0.25, -0.2) is 0 Å². The normalized spacial score (nSPS) is 16.0. The zero-order valence-electron chi connectivity index (χ0n) is 33.5. The van der Waals surface area contributed by atoms with Crippen LogP contribution in [0.25, 0.3) is 67.5 Å². The Bertz CT molecular complexity index is 3240. The van der Waals surface area contributed by atoms with E-state index in [2.05, 4.69) is 146 Å². The molecule has 0 saturated carbocycles. The van der Waals surface area contributed by atoms with Crippen molar-refractivity contribution in [3.8, 4) is 67.5 Å². The molecule has 0 radical (unpaired) electrons. The minimum absolute atomic E-state index is 0.755. The fourth-order valence-corrected chi connectivity index (χ4v) is 13.7. The van der Waals surface area contributed by atoms with Crippen molar-refractivity contribution >= 4 is 0 Å². The van der Waals surface area contributed by atoms with Crippen molar-refractivity contribution < 1.29 is 0 Å². The van der Waals surface area contributed by atoms with Gasteiger partial charge in [0.2, 0.25) is 0 Å². The van der Waals surface area contributed by atoms with Crippen molar-refractivity contribution in [1.82, 2.24) is 29.9 Å². The predicted octanol–water partition coefficient (Wildman–Crippen LogP) is 11.1. The van der Waals surface area contributed by atoms with E-state index in [9.17, 15) is 0 Å². The van der Waals surface area contributed by atoms with Gasteiger partial charge in [0.05, 0.1) is 50.4 Å². The van der Waals surface area contributed by atoms with Crippen LogP contribution in [0.4, 0.5) is 0 Å². The van der Waals surface area contributed by atoms with Gasteiger partial charge in [-0.2, -0.15) is 0 Å². The average molecular weight is 799 g/mol. The molecule has 6 heterocycles. The molecule has 0 fully saturated rings. The van der Waals surface area contributed by atoms with Crippen LogP contribution in [0, 0.1) is 0 Å². The van der Waals surface area contributed by atoms with Gasteiger partial charge in [-0.15, -0.1) is 0 Å². The van der Waals surface area contributed by atoms with Crippen LogP contribution >= 0.6 is 0 Å². The van der Waals surface area contributed by atoms with Gasteiger partial charge >= 0.3 is 0 Å². The number of aromatic nitrogens is 6. The molecule has 0 unspecified atom stereocenters. The van der Waals surface area contributed by atoms with E-state index in [0.29, 0.717) is 0 Å². The zero-order chi connectivity index (χ0) is 40.8. The van der Waals surface area contributed by atoms with Gasteiger partial charge in [0.1, 0.15) is 0 Å². The minimum atomic E-state index is -0.755. The number of benzene rings is 4. The Hall–Kier alpha value is -8.22. The van der Waals surface area contributed by atoms with Crippen LogP contribution in [-0.4, -0.2) is 29.9 Å². The molecule has 6 aliphatic rings. The van der Waals surface area contributed by atoms with E-state index in [-0.39, 0.29) is 0 Å². The number of hydrogen-bond acceptors (Lipinski definition) is 6. The van der Waals surface area contributed by atoms with Crippen LogP contribution in [0.1, 0.15) is 66.8 Å². The van der Waals surface area contributed by atoms with Crippen molar-refractivity contribution in [2.75, 3.05) is 0 Å². The lowest BCUT2D eigenvalue weighted by molar-refractivity contribution is 0.760. The molecular formula is C57H30N6. The van der Waals surface area contributed by atoms with Crippen molar-refractivity contribution in [2.24, 2.45) is 0 Å². The van der Waals surface area contributed by atoms with Crippen LogP contribution in [0.3, 0.4) is 0 Å². The molecule has 6 heteroatoms. The molecule has 0 saturated heterocycles. The van der Waals surface area contributed by atoms with Gasteiger partial charge in [-0.3, -0.25) is 29.9 Å². The quantitative estimate of drug-likeness (QED) is 0.152. The molecule has 4 aromatic carbocycles. The molecule has 0 atom stereocenters. The first-order chi connectivity index (χ1) is 31.3. The Morgan fingerprint density at radius 3 is 0.667 bits per heavy atom. The molecular weight excluding hydrogens is 769 g/mol. The van der Waals surface area contributed by atoms with Crippen LogP contribution < -0.4 is 0 Å². The van der Waals surface area contributed by atoms with E-state index in [4.69, 9.17) is 29.9 Å². The number of rotatable bonds is 0. The van der Waals surface area contributed by atoms with Gasteiger partial charge in [0, 0.05) is 37.2 Å². The number of fused-ring (bicyclic) bond motifs is 33. The van der Waals surface area contributed by atoms with Crippen molar-refractivity contribution in [3.63, 3.8) is 0 Å². The number of nitrogens with zero attached hydrogens (tertiary/aromatic N) is 6. The van der Waals surface area contributed by atoms with Gasteiger partial charge in [-0.05, 0) is 137 Å². The lowest BCUT2D eigenvalue weighted by atomic mass is 9.63. The summed E-state index contributed by atoms with van der Waals surface area (Å²) >= 11 is 0. The highest BCUT2D eigenvalue weighted by Gasteiger charge is 2.65. The van der Waals surface area contributed by atoms with Crippen LogP contribution in [-0.2, 0) is 16.2 Å². The third kappa shape index (κ3) is 3.25. The summed E-state index contributed by atoms with van der Waals surface area (Å²) < 4.78 is 0. The summed E-state index contributed by atoms with van der Waals surface area (Å²) in [5, 5.41) is 0. The van der Waals surface area contributed by atoms with Gasteiger partial charge in [0.25, 0.3) is 0 Å². The van der Waals surface area contributed by atoms with E-state index in [1.165, 1.54) is 66.8 Å². The fraction of sp³-hybridized carbons (Fsp3) is 0.0526. The second-order valence-corrected chi connectivity index (χ2v) is 17.5. The molecule has 3 spiro atoms. The minimum Gasteiger partial charge on any atom is -0.254 e. The molecule has 63 heavy (non-hydrogen) atoms. The second-order valence-electron chi connectivity index (χ2n) is 17.5. The van der Waals surface area contributed by atoms with Crippen molar-refractivity contribution in [3.05, 3.63) is 250 Å². The Balaban J connectivity index is 1.24. The van der Waals surface area contributed by atoms with Crippen molar-refractivity contribution in [1.29, 1.82) is 0 Å². The highest BCUT2D eigenvalue weighted by Crippen LogP contribution is 2.76. The van der Waals surface area contributed by atoms with Gasteiger partial charge in [0.15, 0.2) is 0 Å². The lowest BCUT2D eigenvalue weighted by Crippen LogP contribution is -2.31. The third-order valence-electron chi connectivity index (χ3n) is 15.4. The molecule has 288 valence electrons. The standard InChI is InChI=1S/C57H30N6/c1-4-16-34-31(13-1)43-46(55(34)37-19-7-25-58-49(37)50-38(55)20-8-26-59-50)44-33-15-3-6-18-36(33)57(41-23-11-29-62-53(41)54-42(57)24-12-30-63-54)48(44)45-32-14-2-5-17-35(32)56(47(43)45)39-21-9-27-60-51(39)52-40(56)22-10-28-61-52/h1-30H. The highest BCUT2D eigenvalue weighted by molar-refractivity contribution is 6.12. The van der Waals surface area contributed by atoms with Crippen molar-refractivity contribution in [2.45, 2.75) is 16.2 Å². The molecule has 0 aliphatic heterocycles. The molecule has 16 rings (SSSR count). The lowest BCUT2D eigenvalue weighted by Gasteiger charge is -2.37. The smallest absolute Gasteiger partial charge is 0.0937 e. The fourth-order valence-electron chi connectivity index (χ4n) is 13.7. The molecule has 6 aromatic heterocycles. The average Bonchev–Trinajstić information content (AvgIpc) is 4.16. The number of hydrogen-bond donors (Lipinski definition) is 0. The van der Waals surface area contributed by atoms with E-state index in [1.54, 1.807) is 0 Å². The van der Waals surface area contributed by atoms with E-state index in [0.717, 1.165) is 67.5 Å². The first-order valence-electron chi connectivity index (χ1n) is 21.6. The maximum Gasteiger partial charge on any atom is 0.0937 e. The summed E-state index contributed by atoms with van der Waals surface area (Å²) in [6.07, 6.45) is 11.5. The summed E-state index contributed by atoms with van der Waals surface area (Å²) in [7, 11) is 0. The monoisotopic (exact) mass is 798 g/mol. The summed E-state index contributed by atoms with van der Waals surface area (Å²) in [6, 6.07) is 54.0. The molecule has 6 aliphatic carbocycles. The van der Waals surface area contributed by atoms with Gasteiger partial charge < -0.3 is 0 Å². The predicted molar refractivity (Wildman–Crippen MR) is 242 cm³/mol. The molecule has 6 nitrogen and oxygen atoms in total. The van der Waals surface area contributed by atoms with E-state index in [1.807, 2.05) is 37.2 Å². The van der Waals surface area contributed by atoms with E-state index >= 15 is 0 Å². The molecule has 0 N–H and O–H groups in total. The van der Waals surface area contributed by atoms with E-state index < -0.39 is 16.2 Å². The Labute approximate surface area is 361 Å². The maximum absolute atomic E-state index is 5.17. The van der Waals surface area contributed by atoms with Crippen LogP contribution in [0.2, 0.25) is 0 Å². The molecule has 10 aromatic rings. The number of pyridine rings is 6. The molecule has 0 bridgehead atoms.